The van der Waals surface area contributed by atoms with Crippen LogP contribution in [-0.4, -0.2) is 31.8 Å². The molecule has 0 amide bonds. The van der Waals surface area contributed by atoms with Gasteiger partial charge < -0.3 is 9.88 Å². The van der Waals surface area contributed by atoms with Gasteiger partial charge in [0, 0.05) is 41.2 Å². The molecule has 1 heterocycles. The highest BCUT2D eigenvalue weighted by Crippen LogP contribution is 2.00. The normalized spacial score (nSPS) is 14.8. The van der Waals surface area contributed by atoms with Gasteiger partial charge in [0.15, 0.2) is 0 Å². The van der Waals surface area contributed by atoms with Gasteiger partial charge in [-0.25, -0.2) is 4.98 Å². The highest BCUT2D eigenvalue weighted by Gasteiger charge is 2.06. The van der Waals surface area contributed by atoms with Crippen molar-refractivity contribution in [3.8, 4) is 0 Å². The molecule has 4 nitrogen and oxygen atoms in total. The molecule has 1 rings (SSSR count). The maximum atomic E-state index is 11.2. The summed E-state index contributed by atoms with van der Waals surface area (Å²) < 4.78 is 13.3. The van der Waals surface area contributed by atoms with E-state index in [1.165, 1.54) is 0 Å². The molecule has 0 aliphatic carbocycles. The number of hydrogen-bond donors (Lipinski definition) is 1. The second-order valence-electron chi connectivity index (χ2n) is 4.31. The van der Waals surface area contributed by atoms with Crippen LogP contribution in [0, 0.1) is 0 Å². The molecule has 1 N–H and O–H groups in total. The van der Waals surface area contributed by atoms with Crippen molar-refractivity contribution in [2.24, 2.45) is 0 Å². The SMILES string of the molecule is CCCn1ccnc1CNCCC(C)S(C)=O. The minimum absolute atomic E-state index is 0.262. The Labute approximate surface area is 106 Å². The fourth-order valence-electron chi connectivity index (χ4n) is 1.62. The summed E-state index contributed by atoms with van der Waals surface area (Å²) in [6.07, 6.45) is 7.69. The Balaban J connectivity index is 2.26. The van der Waals surface area contributed by atoms with Crippen molar-refractivity contribution in [2.75, 3.05) is 12.8 Å². The van der Waals surface area contributed by atoms with Crippen LogP contribution in [-0.2, 0) is 23.9 Å². The van der Waals surface area contributed by atoms with E-state index < -0.39 is 10.8 Å². The van der Waals surface area contributed by atoms with E-state index in [9.17, 15) is 4.21 Å². The van der Waals surface area contributed by atoms with Crippen LogP contribution in [0.5, 0.6) is 0 Å². The molecule has 0 bridgehead atoms. The maximum absolute atomic E-state index is 11.2. The van der Waals surface area contributed by atoms with Crippen molar-refractivity contribution in [3.63, 3.8) is 0 Å². The number of aryl methyl sites for hydroxylation is 1. The van der Waals surface area contributed by atoms with E-state index in [0.29, 0.717) is 0 Å². The molecular formula is C12H23N3OS. The minimum Gasteiger partial charge on any atom is -0.334 e. The molecule has 0 aliphatic rings. The zero-order chi connectivity index (χ0) is 12.7. The molecule has 0 aliphatic heterocycles. The number of nitrogens with one attached hydrogen (secondary N) is 1. The second kappa shape index (κ2) is 7.61. The van der Waals surface area contributed by atoms with Gasteiger partial charge in [-0.3, -0.25) is 4.21 Å². The van der Waals surface area contributed by atoms with Gasteiger partial charge in [0.2, 0.25) is 0 Å². The van der Waals surface area contributed by atoms with Crippen LogP contribution >= 0.6 is 0 Å². The molecule has 17 heavy (non-hydrogen) atoms. The lowest BCUT2D eigenvalue weighted by Crippen LogP contribution is -2.22. The molecule has 0 saturated carbocycles. The van der Waals surface area contributed by atoms with Crippen LogP contribution in [0.3, 0.4) is 0 Å². The monoisotopic (exact) mass is 257 g/mol. The van der Waals surface area contributed by atoms with Crippen molar-refractivity contribution in [3.05, 3.63) is 18.2 Å². The number of imidazole rings is 1. The lowest BCUT2D eigenvalue weighted by atomic mass is 10.3. The summed E-state index contributed by atoms with van der Waals surface area (Å²) in [5.74, 6) is 1.08. The highest BCUT2D eigenvalue weighted by atomic mass is 32.2. The zero-order valence-corrected chi connectivity index (χ0v) is 11.8. The van der Waals surface area contributed by atoms with E-state index in [2.05, 4.69) is 21.8 Å². The van der Waals surface area contributed by atoms with Crippen LogP contribution in [0.1, 0.15) is 32.5 Å². The topological polar surface area (TPSA) is 46.9 Å². The number of aromatic nitrogens is 2. The average molecular weight is 257 g/mol. The summed E-state index contributed by atoms with van der Waals surface area (Å²) in [6.45, 7) is 6.88. The van der Waals surface area contributed by atoms with Gasteiger partial charge in [0.25, 0.3) is 0 Å². The smallest absolute Gasteiger partial charge is 0.122 e. The molecule has 0 fully saturated rings. The Morgan fingerprint density at radius 3 is 3.00 bits per heavy atom. The molecule has 98 valence electrons. The molecule has 2 unspecified atom stereocenters. The molecule has 1 aromatic rings. The predicted octanol–water partition coefficient (Wildman–Crippen LogP) is 1.54. The van der Waals surface area contributed by atoms with Gasteiger partial charge in [-0.05, 0) is 19.4 Å². The fraction of sp³-hybridized carbons (Fsp3) is 0.750. The van der Waals surface area contributed by atoms with Crippen molar-refractivity contribution in [2.45, 2.75) is 45.0 Å². The van der Waals surface area contributed by atoms with Gasteiger partial charge in [0.05, 0.1) is 6.54 Å². The van der Waals surface area contributed by atoms with E-state index in [0.717, 1.165) is 38.3 Å². The average Bonchev–Trinajstić information content (AvgIpc) is 2.72. The molecule has 0 spiro atoms. The van der Waals surface area contributed by atoms with E-state index in [4.69, 9.17) is 0 Å². The van der Waals surface area contributed by atoms with E-state index in [1.807, 2.05) is 19.3 Å². The third kappa shape index (κ3) is 5.00. The van der Waals surface area contributed by atoms with Gasteiger partial charge in [0.1, 0.15) is 5.82 Å². The van der Waals surface area contributed by atoms with E-state index in [-0.39, 0.29) is 5.25 Å². The van der Waals surface area contributed by atoms with Gasteiger partial charge in [-0.15, -0.1) is 0 Å². The maximum Gasteiger partial charge on any atom is 0.122 e. The highest BCUT2D eigenvalue weighted by molar-refractivity contribution is 7.84. The lowest BCUT2D eigenvalue weighted by molar-refractivity contribution is 0.574. The Kier molecular flexibility index (Phi) is 6.44. The molecule has 2 atom stereocenters. The summed E-state index contributed by atoms with van der Waals surface area (Å²) in [5, 5.41) is 3.62. The van der Waals surface area contributed by atoms with Crippen LogP contribution in [0.25, 0.3) is 0 Å². The molecular weight excluding hydrogens is 234 g/mol. The zero-order valence-electron chi connectivity index (χ0n) is 11.0. The minimum atomic E-state index is -0.719. The molecule has 0 aromatic carbocycles. The summed E-state index contributed by atoms with van der Waals surface area (Å²) in [4.78, 5) is 4.33. The Bertz CT molecular complexity index is 351. The summed E-state index contributed by atoms with van der Waals surface area (Å²) >= 11 is 0. The quantitative estimate of drug-likeness (QED) is 0.719. The number of hydrogen-bond acceptors (Lipinski definition) is 3. The first kappa shape index (κ1) is 14.4. The lowest BCUT2D eigenvalue weighted by Gasteiger charge is -2.10. The fourth-order valence-corrected chi connectivity index (χ4v) is 2.07. The van der Waals surface area contributed by atoms with Gasteiger partial charge >= 0.3 is 0 Å². The Hall–Kier alpha value is -0.680. The van der Waals surface area contributed by atoms with Crippen molar-refractivity contribution < 1.29 is 4.21 Å². The first-order valence-electron chi connectivity index (χ1n) is 6.18. The largest absolute Gasteiger partial charge is 0.334 e. The predicted molar refractivity (Wildman–Crippen MR) is 72.4 cm³/mol. The summed E-state index contributed by atoms with van der Waals surface area (Å²) in [6, 6.07) is 0. The third-order valence-electron chi connectivity index (χ3n) is 2.84. The Morgan fingerprint density at radius 2 is 2.35 bits per heavy atom. The summed E-state index contributed by atoms with van der Waals surface area (Å²) in [7, 11) is -0.719. The summed E-state index contributed by atoms with van der Waals surface area (Å²) in [5.41, 5.74) is 0. The van der Waals surface area contributed by atoms with Gasteiger partial charge in [-0.2, -0.15) is 0 Å². The molecule has 1 aromatic heterocycles. The molecule has 0 radical (unpaired) electrons. The van der Waals surface area contributed by atoms with Crippen molar-refractivity contribution in [1.29, 1.82) is 0 Å². The van der Waals surface area contributed by atoms with Crippen LogP contribution in [0.4, 0.5) is 0 Å². The first-order chi connectivity index (χ1) is 8.15. The van der Waals surface area contributed by atoms with Crippen LogP contribution in [0.2, 0.25) is 0 Å². The standard InChI is InChI=1S/C12H23N3OS/c1-4-8-15-9-7-14-12(15)10-13-6-5-11(2)17(3)16/h7,9,11,13H,4-6,8,10H2,1-3H3. The van der Waals surface area contributed by atoms with Crippen molar-refractivity contribution >= 4 is 10.8 Å². The van der Waals surface area contributed by atoms with E-state index in [1.54, 1.807) is 6.26 Å². The number of rotatable bonds is 8. The first-order valence-corrected chi connectivity index (χ1v) is 7.80. The van der Waals surface area contributed by atoms with Crippen LogP contribution < -0.4 is 5.32 Å². The third-order valence-corrected chi connectivity index (χ3v) is 4.21. The molecule has 5 heteroatoms. The Morgan fingerprint density at radius 1 is 1.59 bits per heavy atom. The second-order valence-corrected chi connectivity index (χ2v) is 6.11. The number of nitrogens with zero attached hydrogens (tertiary/aromatic N) is 2. The van der Waals surface area contributed by atoms with Crippen molar-refractivity contribution in [1.82, 2.24) is 14.9 Å². The van der Waals surface area contributed by atoms with E-state index >= 15 is 0 Å². The van der Waals surface area contributed by atoms with Gasteiger partial charge in [-0.1, -0.05) is 13.8 Å². The van der Waals surface area contributed by atoms with Crippen LogP contribution in [0.15, 0.2) is 12.4 Å². The molecule has 0 saturated heterocycles.